The van der Waals surface area contributed by atoms with E-state index >= 15 is 0 Å². The summed E-state index contributed by atoms with van der Waals surface area (Å²) in [6.45, 7) is 1.55. The van der Waals surface area contributed by atoms with Crippen molar-refractivity contribution in [2.75, 3.05) is 6.16 Å². The summed E-state index contributed by atoms with van der Waals surface area (Å²) in [5, 5.41) is 0. The Morgan fingerprint density at radius 2 is 2.00 bits per heavy atom. The van der Waals surface area contributed by atoms with Crippen LogP contribution in [0.3, 0.4) is 0 Å². The second kappa shape index (κ2) is 5.03. The smallest absolute Gasteiger partial charge is 0.382 e. The Kier molecular flexibility index (Phi) is 3.65. The van der Waals surface area contributed by atoms with Crippen LogP contribution in [0.2, 0.25) is 0 Å². The van der Waals surface area contributed by atoms with Gasteiger partial charge in [-0.3, -0.25) is 4.52 Å². The molecule has 0 amide bonds. The highest BCUT2D eigenvalue weighted by Gasteiger charge is 2.41. The van der Waals surface area contributed by atoms with Crippen LogP contribution < -0.4 is 0 Å². The second-order valence-corrected chi connectivity index (χ2v) is 6.14. The van der Waals surface area contributed by atoms with E-state index in [1.807, 2.05) is 30.3 Å². The van der Waals surface area contributed by atoms with Crippen LogP contribution in [-0.2, 0) is 24.8 Å². The number of aryl methyl sites for hydroxylation is 1. The van der Waals surface area contributed by atoms with Gasteiger partial charge in [0.25, 0.3) is 0 Å². The first-order valence-corrected chi connectivity index (χ1v) is 7.37. The molecule has 0 spiro atoms. The minimum Gasteiger partial charge on any atom is -0.390 e. The summed E-state index contributed by atoms with van der Waals surface area (Å²) in [5.74, 6) is -0.520. The molecule has 0 bridgehead atoms. The second-order valence-electron chi connectivity index (χ2n) is 4.08. The summed E-state index contributed by atoms with van der Waals surface area (Å²) in [4.78, 5) is 11.1. The minimum absolute atomic E-state index is 0.290. The molecule has 2 rings (SSSR count). The first-order chi connectivity index (χ1) is 8.09. The topological polar surface area (TPSA) is 52.6 Å². The van der Waals surface area contributed by atoms with Crippen LogP contribution in [0.4, 0.5) is 0 Å². The lowest BCUT2D eigenvalue weighted by atomic mass is 10.1. The predicted molar refractivity (Wildman–Crippen MR) is 63.9 cm³/mol. The molecule has 1 aliphatic heterocycles. The van der Waals surface area contributed by atoms with E-state index in [4.69, 9.17) is 9.05 Å². The number of carbonyl (C=O) groups is 1. The molecule has 92 valence electrons. The number of benzene rings is 1. The number of hydrogen-bond donors (Lipinski definition) is 0. The van der Waals surface area contributed by atoms with E-state index in [0.29, 0.717) is 6.42 Å². The molecule has 0 saturated carbocycles. The van der Waals surface area contributed by atoms with Gasteiger partial charge in [0.05, 0.1) is 6.16 Å². The van der Waals surface area contributed by atoms with Crippen molar-refractivity contribution in [1.82, 2.24) is 0 Å². The molecule has 0 aromatic heterocycles. The van der Waals surface area contributed by atoms with Gasteiger partial charge in [0.15, 0.2) is 6.10 Å². The molecule has 5 heteroatoms. The highest BCUT2D eigenvalue weighted by Crippen LogP contribution is 2.54. The van der Waals surface area contributed by atoms with Crippen LogP contribution in [0.25, 0.3) is 0 Å². The van der Waals surface area contributed by atoms with Crippen LogP contribution >= 0.6 is 7.60 Å². The maximum atomic E-state index is 12.0. The first kappa shape index (κ1) is 12.3. The molecule has 1 fully saturated rings. The van der Waals surface area contributed by atoms with Crippen molar-refractivity contribution in [3.8, 4) is 0 Å². The van der Waals surface area contributed by atoms with Gasteiger partial charge in [-0.25, -0.2) is 9.36 Å². The molecular weight excluding hydrogens is 239 g/mol. The fourth-order valence-electron chi connectivity index (χ4n) is 1.74. The number of rotatable bonds is 4. The SMILES string of the molecule is C[C@H]1OP(=O)(CCCc2ccccc2)OC1=O. The van der Waals surface area contributed by atoms with Gasteiger partial charge in [-0.05, 0) is 25.3 Å². The Morgan fingerprint density at radius 3 is 2.59 bits per heavy atom. The molecule has 1 aliphatic rings. The fraction of sp³-hybridized carbons (Fsp3) is 0.417. The van der Waals surface area contributed by atoms with Crippen molar-refractivity contribution >= 4 is 13.6 Å². The third-order valence-electron chi connectivity index (χ3n) is 2.62. The quantitative estimate of drug-likeness (QED) is 0.775. The van der Waals surface area contributed by atoms with Crippen LogP contribution in [0.5, 0.6) is 0 Å². The lowest BCUT2D eigenvalue weighted by Crippen LogP contribution is -2.09. The number of hydrogen-bond acceptors (Lipinski definition) is 4. The van der Waals surface area contributed by atoms with Crippen molar-refractivity contribution in [3.05, 3.63) is 35.9 Å². The molecular formula is C12H15O4P. The van der Waals surface area contributed by atoms with E-state index in [-0.39, 0.29) is 6.16 Å². The average molecular weight is 254 g/mol. The van der Waals surface area contributed by atoms with Crippen molar-refractivity contribution in [1.29, 1.82) is 0 Å². The molecule has 2 atom stereocenters. The van der Waals surface area contributed by atoms with Gasteiger partial charge in [-0.15, -0.1) is 0 Å². The lowest BCUT2D eigenvalue weighted by molar-refractivity contribution is -0.135. The van der Waals surface area contributed by atoms with Gasteiger partial charge in [-0.2, -0.15) is 0 Å². The van der Waals surface area contributed by atoms with Crippen molar-refractivity contribution in [2.24, 2.45) is 0 Å². The zero-order valence-electron chi connectivity index (χ0n) is 9.67. The van der Waals surface area contributed by atoms with Crippen LogP contribution in [0.15, 0.2) is 30.3 Å². The van der Waals surface area contributed by atoms with Crippen molar-refractivity contribution in [3.63, 3.8) is 0 Å². The number of carbonyl (C=O) groups excluding carboxylic acids is 1. The Morgan fingerprint density at radius 1 is 1.29 bits per heavy atom. The molecule has 1 aromatic carbocycles. The largest absolute Gasteiger partial charge is 0.390 e. The van der Waals surface area contributed by atoms with E-state index in [2.05, 4.69) is 0 Å². The molecule has 1 saturated heterocycles. The van der Waals surface area contributed by atoms with Gasteiger partial charge in [0.1, 0.15) is 0 Å². The monoisotopic (exact) mass is 254 g/mol. The zero-order valence-corrected chi connectivity index (χ0v) is 10.6. The van der Waals surface area contributed by atoms with Crippen LogP contribution in [-0.4, -0.2) is 18.2 Å². The molecule has 4 nitrogen and oxygen atoms in total. The van der Waals surface area contributed by atoms with Gasteiger partial charge in [0, 0.05) is 0 Å². The standard InChI is InChI=1S/C12H15O4P/c1-10-12(13)16-17(14,15-10)9-5-8-11-6-3-2-4-7-11/h2-4,6-7,10H,5,8-9H2,1H3/t10-,17?/m1/s1. The predicted octanol–water partition coefficient (Wildman–Crippen LogP) is 2.77. The third kappa shape index (κ3) is 3.18. The highest BCUT2D eigenvalue weighted by atomic mass is 31.2. The Bertz CT molecular complexity index is 443. The molecule has 0 N–H and O–H groups in total. The molecule has 0 aliphatic carbocycles. The van der Waals surface area contributed by atoms with E-state index in [9.17, 15) is 9.36 Å². The zero-order chi connectivity index (χ0) is 12.3. The first-order valence-electron chi connectivity index (χ1n) is 5.64. The van der Waals surface area contributed by atoms with E-state index < -0.39 is 19.7 Å². The summed E-state index contributed by atoms with van der Waals surface area (Å²) in [6, 6.07) is 9.91. The maximum absolute atomic E-state index is 12.0. The summed E-state index contributed by atoms with van der Waals surface area (Å²) < 4.78 is 21.8. The molecule has 0 radical (unpaired) electrons. The molecule has 1 heterocycles. The maximum Gasteiger partial charge on any atom is 0.382 e. The van der Waals surface area contributed by atoms with E-state index in [0.717, 1.165) is 6.42 Å². The van der Waals surface area contributed by atoms with Crippen LogP contribution in [0.1, 0.15) is 18.9 Å². The summed E-state index contributed by atoms with van der Waals surface area (Å²) >= 11 is 0. The Labute approximate surface area is 100 Å². The van der Waals surface area contributed by atoms with Crippen LogP contribution in [0, 0.1) is 0 Å². The van der Waals surface area contributed by atoms with Gasteiger partial charge in [-0.1, -0.05) is 30.3 Å². The fourth-order valence-corrected chi connectivity index (χ4v) is 3.51. The summed E-state index contributed by atoms with van der Waals surface area (Å²) in [6.07, 6.45) is 1.08. The van der Waals surface area contributed by atoms with Crippen molar-refractivity contribution < 1.29 is 18.4 Å². The third-order valence-corrected chi connectivity index (χ3v) is 4.58. The molecule has 1 unspecified atom stereocenters. The Hall–Kier alpha value is -1.12. The van der Waals surface area contributed by atoms with E-state index in [1.165, 1.54) is 5.56 Å². The van der Waals surface area contributed by atoms with E-state index in [1.54, 1.807) is 6.92 Å². The van der Waals surface area contributed by atoms with Gasteiger partial charge in [0.2, 0.25) is 0 Å². The van der Waals surface area contributed by atoms with Crippen molar-refractivity contribution in [2.45, 2.75) is 25.9 Å². The highest BCUT2D eigenvalue weighted by molar-refractivity contribution is 7.54. The average Bonchev–Trinajstić information content (AvgIpc) is 2.54. The normalized spacial score (nSPS) is 28.1. The lowest BCUT2D eigenvalue weighted by Gasteiger charge is -2.08. The molecule has 17 heavy (non-hydrogen) atoms. The minimum atomic E-state index is -3.17. The van der Waals surface area contributed by atoms with Gasteiger partial charge >= 0.3 is 13.6 Å². The van der Waals surface area contributed by atoms with Gasteiger partial charge < -0.3 is 4.52 Å². The summed E-state index contributed by atoms with van der Waals surface area (Å²) in [5.41, 5.74) is 1.18. The summed E-state index contributed by atoms with van der Waals surface area (Å²) in [7, 11) is -3.17. The molecule has 1 aromatic rings. The Balaban J connectivity index is 1.83.